The van der Waals surface area contributed by atoms with Crippen LogP contribution in [0, 0.1) is 6.92 Å². The fourth-order valence-corrected chi connectivity index (χ4v) is 2.36. The number of carbonyl (C=O) groups excluding carboxylic acids is 1. The van der Waals surface area contributed by atoms with Crippen molar-refractivity contribution in [1.82, 2.24) is 9.97 Å². The lowest BCUT2D eigenvalue weighted by molar-refractivity contribution is -0.116. The number of aryl methyl sites for hydroxylation is 1. The van der Waals surface area contributed by atoms with Gasteiger partial charge >= 0.3 is 0 Å². The number of Topliss-reactive ketones (excluding diaryl/α,β-unsaturated/α-hetero) is 1. The molecule has 0 saturated heterocycles. The first-order valence-corrected chi connectivity index (χ1v) is 6.92. The van der Waals surface area contributed by atoms with Gasteiger partial charge in [-0.15, -0.1) is 0 Å². The van der Waals surface area contributed by atoms with Crippen LogP contribution in [0.1, 0.15) is 18.1 Å². The second-order valence-corrected chi connectivity index (χ2v) is 5.26. The maximum absolute atomic E-state index is 11.1. The van der Waals surface area contributed by atoms with Gasteiger partial charge in [0.05, 0.1) is 11.0 Å². The predicted molar refractivity (Wildman–Crippen MR) is 84.9 cm³/mol. The Hall–Kier alpha value is -2.62. The molecule has 0 atom stereocenters. The molecule has 0 unspecified atom stereocenters. The Morgan fingerprint density at radius 1 is 1.19 bits per heavy atom. The molecule has 0 bridgehead atoms. The summed E-state index contributed by atoms with van der Waals surface area (Å²) in [5, 5.41) is 3.25. The molecular formula is C17H17N3O. The van der Waals surface area contributed by atoms with Crippen molar-refractivity contribution in [2.75, 3.05) is 5.32 Å². The molecule has 3 rings (SSSR count). The molecule has 0 aliphatic carbocycles. The Labute approximate surface area is 123 Å². The number of H-pyrrole nitrogens is 1. The van der Waals surface area contributed by atoms with Crippen LogP contribution in [0.2, 0.25) is 0 Å². The number of anilines is 2. The number of imidazole rings is 1. The van der Waals surface area contributed by atoms with E-state index in [0.29, 0.717) is 6.42 Å². The van der Waals surface area contributed by atoms with Crippen molar-refractivity contribution >= 4 is 28.5 Å². The topological polar surface area (TPSA) is 57.8 Å². The Kier molecular flexibility index (Phi) is 3.44. The van der Waals surface area contributed by atoms with Gasteiger partial charge in [0.2, 0.25) is 5.95 Å². The van der Waals surface area contributed by atoms with Crippen molar-refractivity contribution in [3.05, 3.63) is 53.6 Å². The molecular weight excluding hydrogens is 262 g/mol. The number of aromatic amines is 1. The first-order valence-electron chi connectivity index (χ1n) is 6.92. The molecule has 0 saturated carbocycles. The quantitative estimate of drug-likeness (QED) is 0.764. The number of nitrogens with one attached hydrogen (secondary N) is 2. The van der Waals surface area contributed by atoms with Crippen molar-refractivity contribution in [2.45, 2.75) is 20.3 Å². The van der Waals surface area contributed by atoms with Gasteiger partial charge < -0.3 is 10.3 Å². The molecule has 21 heavy (non-hydrogen) atoms. The van der Waals surface area contributed by atoms with Crippen LogP contribution in [0.25, 0.3) is 11.0 Å². The van der Waals surface area contributed by atoms with Gasteiger partial charge in [-0.25, -0.2) is 4.98 Å². The van der Waals surface area contributed by atoms with E-state index in [9.17, 15) is 4.79 Å². The third kappa shape index (κ3) is 2.94. The van der Waals surface area contributed by atoms with Crippen LogP contribution in [0.3, 0.4) is 0 Å². The van der Waals surface area contributed by atoms with Crippen molar-refractivity contribution in [1.29, 1.82) is 0 Å². The number of nitrogens with zero attached hydrogens (tertiary/aromatic N) is 1. The lowest BCUT2D eigenvalue weighted by Crippen LogP contribution is -1.97. The molecule has 2 N–H and O–H groups in total. The van der Waals surface area contributed by atoms with Crippen LogP contribution in [0.15, 0.2) is 42.5 Å². The van der Waals surface area contributed by atoms with Crippen LogP contribution in [-0.4, -0.2) is 15.8 Å². The number of hydrogen-bond donors (Lipinski definition) is 2. The molecule has 0 aliphatic heterocycles. The normalized spacial score (nSPS) is 10.8. The zero-order valence-corrected chi connectivity index (χ0v) is 12.1. The first kappa shape index (κ1) is 13.4. The molecule has 1 aromatic heterocycles. The average Bonchev–Trinajstić information content (AvgIpc) is 2.84. The summed E-state index contributed by atoms with van der Waals surface area (Å²) in [5.41, 5.74) is 5.11. The summed E-state index contributed by atoms with van der Waals surface area (Å²) >= 11 is 0. The van der Waals surface area contributed by atoms with Gasteiger partial charge in [-0.3, -0.25) is 4.79 Å². The Bertz CT molecular complexity index is 787. The van der Waals surface area contributed by atoms with Crippen LogP contribution < -0.4 is 5.32 Å². The average molecular weight is 279 g/mol. The van der Waals surface area contributed by atoms with E-state index >= 15 is 0 Å². The number of fused-ring (bicyclic) bond motifs is 1. The van der Waals surface area contributed by atoms with Gasteiger partial charge in [0.1, 0.15) is 5.78 Å². The van der Waals surface area contributed by atoms with E-state index in [0.717, 1.165) is 33.8 Å². The lowest BCUT2D eigenvalue weighted by Gasteiger charge is -2.04. The molecule has 0 fully saturated rings. The standard InChI is InChI=1S/C17H17N3O/c1-11-4-3-5-15-16(11)20-17(19-15)18-14-8-6-13(7-9-14)10-12(2)21/h3-9H,10H2,1-2H3,(H2,18,19,20). The van der Waals surface area contributed by atoms with E-state index in [1.165, 1.54) is 0 Å². The summed E-state index contributed by atoms with van der Waals surface area (Å²) in [7, 11) is 0. The van der Waals surface area contributed by atoms with Gasteiger partial charge in [0, 0.05) is 12.1 Å². The fraction of sp³-hybridized carbons (Fsp3) is 0.176. The van der Waals surface area contributed by atoms with Crippen molar-refractivity contribution < 1.29 is 4.79 Å². The maximum atomic E-state index is 11.1. The summed E-state index contributed by atoms with van der Waals surface area (Å²) in [6.45, 7) is 3.65. The highest BCUT2D eigenvalue weighted by Gasteiger charge is 2.05. The van der Waals surface area contributed by atoms with E-state index in [4.69, 9.17) is 0 Å². The number of benzene rings is 2. The number of para-hydroxylation sites is 1. The Morgan fingerprint density at radius 2 is 1.95 bits per heavy atom. The molecule has 3 aromatic rings. The van der Waals surface area contributed by atoms with Crippen molar-refractivity contribution in [2.24, 2.45) is 0 Å². The summed E-state index contributed by atoms with van der Waals surface area (Å²) in [4.78, 5) is 18.9. The smallest absolute Gasteiger partial charge is 0.205 e. The van der Waals surface area contributed by atoms with E-state index in [1.54, 1.807) is 6.92 Å². The molecule has 106 valence electrons. The minimum absolute atomic E-state index is 0.170. The van der Waals surface area contributed by atoms with Crippen molar-refractivity contribution in [3.63, 3.8) is 0 Å². The van der Waals surface area contributed by atoms with Crippen LogP contribution in [0.4, 0.5) is 11.6 Å². The largest absolute Gasteiger partial charge is 0.326 e. The zero-order chi connectivity index (χ0) is 14.8. The molecule has 4 heteroatoms. The van der Waals surface area contributed by atoms with Crippen molar-refractivity contribution in [3.8, 4) is 0 Å². The van der Waals surface area contributed by atoms with E-state index < -0.39 is 0 Å². The Morgan fingerprint density at radius 3 is 2.62 bits per heavy atom. The monoisotopic (exact) mass is 279 g/mol. The zero-order valence-electron chi connectivity index (χ0n) is 12.1. The molecule has 2 aromatic carbocycles. The third-order valence-electron chi connectivity index (χ3n) is 3.38. The maximum Gasteiger partial charge on any atom is 0.205 e. The van der Waals surface area contributed by atoms with Gasteiger partial charge in [-0.05, 0) is 43.2 Å². The number of carbonyl (C=O) groups is 1. The fourth-order valence-electron chi connectivity index (χ4n) is 2.36. The molecule has 1 heterocycles. The van der Waals surface area contributed by atoms with Gasteiger partial charge in [0.25, 0.3) is 0 Å². The predicted octanol–water partition coefficient (Wildman–Crippen LogP) is 3.75. The summed E-state index contributed by atoms with van der Waals surface area (Å²) in [6, 6.07) is 13.9. The highest BCUT2D eigenvalue weighted by molar-refractivity contribution is 5.81. The van der Waals surface area contributed by atoms with Gasteiger partial charge in [-0.1, -0.05) is 24.3 Å². The molecule has 0 amide bonds. The highest BCUT2D eigenvalue weighted by Crippen LogP contribution is 2.21. The SMILES string of the molecule is CC(=O)Cc1ccc(Nc2nc3c(C)cccc3[nH]2)cc1. The number of rotatable bonds is 4. The van der Waals surface area contributed by atoms with Crippen LogP contribution in [-0.2, 0) is 11.2 Å². The number of hydrogen-bond acceptors (Lipinski definition) is 3. The van der Waals surface area contributed by atoms with Crippen LogP contribution in [0.5, 0.6) is 0 Å². The first-order chi connectivity index (χ1) is 10.1. The van der Waals surface area contributed by atoms with E-state index in [1.807, 2.05) is 49.4 Å². The summed E-state index contributed by atoms with van der Waals surface area (Å²) in [6.07, 6.45) is 0.476. The molecule has 0 radical (unpaired) electrons. The van der Waals surface area contributed by atoms with Gasteiger partial charge in [0.15, 0.2) is 0 Å². The van der Waals surface area contributed by atoms with E-state index in [2.05, 4.69) is 15.3 Å². The number of ketones is 1. The minimum Gasteiger partial charge on any atom is -0.326 e. The Balaban J connectivity index is 1.81. The second-order valence-electron chi connectivity index (χ2n) is 5.26. The molecule has 0 aliphatic rings. The highest BCUT2D eigenvalue weighted by atomic mass is 16.1. The number of aromatic nitrogens is 2. The van der Waals surface area contributed by atoms with Crippen LogP contribution >= 0.6 is 0 Å². The second kappa shape index (κ2) is 5.40. The summed E-state index contributed by atoms with van der Waals surface area (Å²) in [5.74, 6) is 0.891. The summed E-state index contributed by atoms with van der Waals surface area (Å²) < 4.78 is 0. The van der Waals surface area contributed by atoms with Gasteiger partial charge in [-0.2, -0.15) is 0 Å². The molecule has 0 spiro atoms. The minimum atomic E-state index is 0.170. The molecule has 4 nitrogen and oxygen atoms in total. The lowest BCUT2D eigenvalue weighted by atomic mass is 10.1. The van der Waals surface area contributed by atoms with E-state index in [-0.39, 0.29) is 5.78 Å². The third-order valence-corrected chi connectivity index (χ3v) is 3.38.